The Morgan fingerprint density at radius 1 is 1.54 bits per heavy atom. The SMILES string of the molecule is COCCC1(N)CCCS(=O)(=O)C1. The third-order valence-electron chi connectivity index (χ3n) is 2.44. The molecule has 1 rings (SSSR count). The second-order valence-corrected chi connectivity index (χ2v) is 5.98. The second kappa shape index (κ2) is 3.94. The minimum Gasteiger partial charge on any atom is -0.385 e. The molecule has 0 aromatic rings. The van der Waals surface area contributed by atoms with Crippen LogP contribution in [0.2, 0.25) is 0 Å². The molecule has 1 atom stereocenters. The van der Waals surface area contributed by atoms with Crippen molar-refractivity contribution in [3.05, 3.63) is 0 Å². The molecule has 1 heterocycles. The molecule has 5 heteroatoms. The maximum Gasteiger partial charge on any atom is 0.152 e. The number of rotatable bonds is 3. The Morgan fingerprint density at radius 2 is 2.23 bits per heavy atom. The average molecular weight is 207 g/mol. The molecular weight excluding hydrogens is 190 g/mol. The molecule has 13 heavy (non-hydrogen) atoms. The first-order valence-electron chi connectivity index (χ1n) is 4.46. The van der Waals surface area contributed by atoms with Crippen LogP contribution in [0, 0.1) is 0 Å². The molecule has 0 radical (unpaired) electrons. The summed E-state index contributed by atoms with van der Waals surface area (Å²) in [5, 5.41) is 0. The summed E-state index contributed by atoms with van der Waals surface area (Å²) in [6, 6.07) is 0. The molecule has 0 aliphatic carbocycles. The third kappa shape index (κ3) is 3.25. The van der Waals surface area contributed by atoms with E-state index >= 15 is 0 Å². The van der Waals surface area contributed by atoms with Crippen LogP contribution in [-0.4, -0.2) is 39.2 Å². The molecule has 0 bridgehead atoms. The van der Waals surface area contributed by atoms with Crippen LogP contribution in [-0.2, 0) is 14.6 Å². The smallest absolute Gasteiger partial charge is 0.152 e. The summed E-state index contributed by atoms with van der Waals surface area (Å²) in [7, 11) is -1.30. The van der Waals surface area contributed by atoms with E-state index in [0.717, 1.165) is 6.42 Å². The Balaban J connectivity index is 2.58. The Hall–Kier alpha value is -0.130. The van der Waals surface area contributed by atoms with E-state index in [9.17, 15) is 8.42 Å². The second-order valence-electron chi connectivity index (χ2n) is 3.80. The maximum absolute atomic E-state index is 11.3. The van der Waals surface area contributed by atoms with Gasteiger partial charge in [0.05, 0.1) is 11.5 Å². The van der Waals surface area contributed by atoms with E-state index in [4.69, 9.17) is 10.5 Å². The summed E-state index contributed by atoms with van der Waals surface area (Å²) in [6.07, 6.45) is 2.10. The van der Waals surface area contributed by atoms with Gasteiger partial charge in [-0.3, -0.25) is 0 Å². The highest BCUT2D eigenvalue weighted by Gasteiger charge is 2.34. The molecule has 0 spiro atoms. The summed E-state index contributed by atoms with van der Waals surface area (Å²) in [5.41, 5.74) is 5.41. The molecule has 0 aromatic heterocycles. The molecule has 0 aromatic carbocycles. The van der Waals surface area contributed by atoms with Gasteiger partial charge in [0.1, 0.15) is 0 Å². The van der Waals surface area contributed by atoms with Gasteiger partial charge in [-0.1, -0.05) is 0 Å². The summed E-state index contributed by atoms with van der Waals surface area (Å²) in [4.78, 5) is 0. The van der Waals surface area contributed by atoms with Crippen LogP contribution in [0.25, 0.3) is 0 Å². The fraction of sp³-hybridized carbons (Fsp3) is 1.00. The number of nitrogens with two attached hydrogens (primary N) is 1. The molecule has 1 fully saturated rings. The Kier molecular flexibility index (Phi) is 3.32. The molecule has 78 valence electrons. The predicted molar refractivity (Wildman–Crippen MR) is 51.3 cm³/mol. The Bertz CT molecular complexity index is 263. The van der Waals surface area contributed by atoms with Gasteiger partial charge >= 0.3 is 0 Å². The van der Waals surface area contributed by atoms with E-state index in [0.29, 0.717) is 25.2 Å². The largest absolute Gasteiger partial charge is 0.385 e. The summed E-state index contributed by atoms with van der Waals surface area (Å²) < 4.78 is 27.5. The molecule has 1 saturated heterocycles. The lowest BCUT2D eigenvalue weighted by atomic mass is 9.93. The molecule has 0 saturated carbocycles. The summed E-state index contributed by atoms with van der Waals surface area (Å²) in [6.45, 7) is 0.534. The lowest BCUT2D eigenvalue weighted by molar-refractivity contribution is 0.168. The average Bonchev–Trinajstić information content (AvgIpc) is 1.98. The highest BCUT2D eigenvalue weighted by molar-refractivity contribution is 7.91. The van der Waals surface area contributed by atoms with Gasteiger partial charge in [0.25, 0.3) is 0 Å². The summed E-state index contributed by atoms with van der Waals surface area (Å²) in [5.74, 6) is 0.405. The first-order valence-corrected chi connectivity index (χ1v) is 6.28. The number of hydrogen-bond donors (Lipinski definition) is 1. The van der Waals surface area contributed by atoms with Crippen molar-refractivity contribution in [1.29, 1.82) is 0 Å². The van der Waals surface area contributed by atoms with E-state index in [-0.39, 0.29) is 5.75 Å². The van der Waals surface area contributed by atoms with Crippen LogP contribution in [0.5, 0.6) is 0 Å². The molecule has 1 aliphatic rings. The van der Waals surface area contributed by atoms with Crippen molar-refractivity contribution < 1.29 is 13.2 Å². The fourth-order valence-corrected chi connectivity index (χ4v) is 3.62. The van der Waals surface area contributed by atoms with Crippen LogP contribution >= 0.6 is 0 Å². The monoisotopic (exact) mass is 207 g/mol. The predicted octanol–water partition coefficient (Wildman–Crippen LogP) is -0.0710. The first-order chi connectivity index (χ1) is 5.97. The van der Waals surface area contributed by atoms with Gasteiger partial charge in [0.2, 0.25) is 0 Å². The quantitative estimate of drug-likeness (QED) is 0.703. The Morgan fingerprint density at radius 3 is 2.77 bits per heavy atom. The fourth-order valence-electron chi connectivity index (χ4n) is 1.73. The lowest BCUT2D eigenvalue weighted by Gasteiger charge is -2.32. The number of methoxy groups -OCH3 is 1. The van der Waals surface area contributed by atoms with Crippen molar-refractivity contribution in [2.75, 3.05) is 25.2 Å². The zero-order valence-corrected chi connectivity index (χ0v) is 8.77. The van der Waals surface area contributed by atoms with Crippen molar-refractivity contribution in [3.63, 3.8) is 0 Å². The van der Waals surface area contributed by atoms with Crippen LogP contribution < -0.4 is 5.73 Å². The van der Waals surface area contributed by atoms with Gasteiger partial charge in [-0.2, -0.15) is 0 Å². The van der Waals surface area contributed by atoms with E-state index < -0.39 is 15.4 Å². The van der Waals surface area contributed by atoms with E-state index in [1.807, 2.05) is 0 Å². The van der Waals surface area contributed by atoms with Crippen LogP contribution in [0.4, 0.5) is 0 Å². The van der Waals surface area contributed by atoms with Gasteiger partial charge in [0, 0.05) is 19.3 Å². The van der Waals surface area contributed by atoms with Crippen molar-refractivity contribution in [2.45, 2.75) is 24.8 Å². The van der Waals surface area contributed by atoms with E-state index in [2.05, 4.69) is 0 Å². The standard InChI is InChI=1S/C8H17NO3S/c1-12-5-4-8(9)3-2-6-13(10,11)7-8/h2-7,9H2,1H3. The molecule has 1 unspecified atom stereocenters. The Labute approximate surface area is 79.4 Å². The maximum atomic E-state index is 11.3. The van der Waals surface area contributed by atoms with Crippen molar-refractivity contribution in [1.82, 2.24) is 0 Å². The van der Waals surface area contributed by atoms with E-state index in [1.54, 1.807) is 7.11 Å². The van der Waals surface area contributed by atoms with Gasteiger partial charge < -0.3 is 10.5 Å². The minimum atomic E-state index is -2.90. The molecule has 0 amide bonds. The number of ether oxygens (including phenoxy) is 1. The van der Waals surface area contributed by atoms with Crippen LogP contribution in [0.15, 0.2) is 0 Å². The minimum absolute atomic E-state index is 0.114. The van der Waals surface area contributed by atoms with Gasteiger partial charge in [-0.05, 0) is 19.3 Å². The highest BCUT2D eigenvalue weighted by Crippen LogP contribution is 2.23. The number of sulfone groups is 1. The molecule has 2 N–H and O–H groups in total. The third-order valence-corrected chi connectivity index (χ3v) is 4.37. The van der Waals surface area contributed by atoms with Gasteiger partial charge in [-0.15, -0.1) is 0 Å². The topological polar surface area (TPSA) is 69.4 Å². The molecule has 4 nitrogen and oxygen atoms in total. The van der Waals surface area contributed by atoms with E-state index in [1.165, 1.54) is 0 Å². The van der Waals surface area contributed by atoms with Crippen molar-refractivity contribution >= 4 is 9.84 Å². The van der Waals surface area contributed by atoms with Crippen LogP contribution in [0.1, 0.15) is 19.3 Å². The normalized spacial score (nSPS) is 33.1. The number of hydrogen-bond acceptors (Lipinski definition) is 4. The highest BCUT2D eigenvalue weighted by atomic mass is 32.2. The first kappa shape index (κ1) is 10.9. The van der Waals surface area contributed by atoms with Gasteiger partial charge in [0.15, 0.2) is 9.84 Å². The molecule has 1 aliphatic heterocycles. The lowest BCUT2D eigenvalue weighted by Crippen LogP contribution is -2.50. The molecular formula is C8H17NO3S. The summed E-state index contributed by atoms with van der Waals surface area (Å²) >= 11 is 0. The van der Waals surface area contributed by atoms with Gasteiger partial charge in [-0.25, -0.2) is 8.42 Å². The zero-order chi connectivity index (χ0) is 9.95. The van der Waals surface area contributed by atoms with Crippen LogP contribution in [0.3, 0.4) is 0 Å². The zero-order valence-electron chi connectivity index (χ0n) is 7.95. The van der Waals surface area contributed by atoms with Crippen molar-refractivity contribution in [2.24, 2.45) is 5.73 Å². The van der Waals surface area contributed by atoms with Crippen molar-refractivity contribution in [3.8, 4) is 0 Å².